The van der Waals surface area contributed by atoms with Gasteiger partial charge in [-0.05, 0) is 30.3 Å². The molecule has 1 amide bonds. The number of ether oxygens (including phenoxy) is 1. The molecule has 0 saturated heterocycles. The van der Waals surface area contributed by atoms with Crippen molar-refractivity contribution in [3.8, 4) is 17.2 Å². The summed E-state index contributed by atoms with van der Waals surface area (Å²) in [6.45, 7) is 0. The van der Waals surface area contributed by atoms with E-state index in [0.29, 0.717) is 16.9 Å². The lowest BCUT2D eigenvalue weighted by atomic mass is 10.2. The summed E-state index contributed by atoms with van der Waals surface area (Å²) in [4.78, 5) is 11.9. The molecule has 24 heavy (non-hydrogen) atoms. The lowest BCUT2D eigenvalue weighted by Gasteiger charge is -2.02. The van der Waals surface area contributed by atoms with Crippen LogP contribution in [0, 0.1) is 0 Å². The minimum atomic E-state index is -0.132. The average molecular weight is 341 g/mol. The van der Waals surface area contributed by atoms with E-state index in [2.05, 4.69) is 15.5 Å². The molecule has 0 aliphatic heterocycles. The first-order valence-electron chi connectivity index (χ1n) is 7.20. The van der Waals surface area contributed by atoms with E-state index in [1.807, 2.05) is 54.6 Å². The highest BCUT2D eigenvalue weighted by atomic mass is 32.2. The lowest BCUT2D eigenvalue weighted by Crippen LogP contribution is -2.13. The molecule has 0 spiro atoms. The number of hydrogen-bond donors (Lipinski definition) is 1. The molecule has 0 radical (unpaired) electrons. The third-order valence-electron chi connectivity index (χ3n) is 3.11. The van der Waals surface area contributed by atoms with E-state index in [-0.39, 0.29) is 11.7 Å². The zero-order valence-electron chi connectivity index (χ0n) is 12.9. The van der Waals surface area contributed by atoms with Crippen LogP contribution in [0.3, 0.4) is 0 Å². The van der Waals surface area contributed by atoms with Crippen LogP contribution >= 0.6 is 11.8 Å². The van der Waals surface area contributed by atoms with E-state index in [1.165, 1.54) is 11.8 Å². The van der Waals surface area contributed by atoms with Crippen molar-refractivity contribution in [2.24, 2.45) is 0 Å². The maximum absolute atomic E-state index is 11.9. The molecule has 1 heterocycles. The fourth-order valence-corrected chi connectivity index (χ4v) is 2.55. The summed E-state index contributed by atoms with van der Waals surface area (Å²) < 4.78 is 10.7. The molecule has 3 rings (SSSR count). The van der Waals surface area contributed by atoms with Gasteiger partial charge in [0.1, 0.15) is 5.75 Å². The van der Waals surface area contributed by atoms with Crippen molar-refractivity contribution in [3.05, 3.63) is 54.6 Å². The molecule has 0 saturated carbocycles. The van der Waals surface area contributed by atoms with Crippen LogP contribution in [-0.2, 0) is 4.79 Å². The number of methoxy groups -OCH3 is 1. The summed E-state index contributed by atoms with van der Waals surface area (Å²) in [6.07, 6.45) is 0. The number of amides is 1. The number of anilines is 1. The van der Waals surface area contributed by atoms with Gasteiger partial charge in [-0.1, -0.05) is 36.0 Å². The predicted octanol–water partition coefficient (Wildman–Crippen LogP) is 3.48. The molecule has 7 heteroatoms. The number of para-hydroxylation sites is 1. The van der Waals surface area contributed by atoms with Crippen molar-refractivity contribution in [2.45, 2.75) is 5.22 Å². The van der Waals surface area contributed by atoms with E-state index in [1.54, 1.807) is 7.11 Å². The zero-order chi connectivity index (χ0) is 16.8. The summed E-state index contributed by atoms with van der Waals surface area (Å²) >= 11 is 1.19. The van der Waals surface area contributed by atoms with Gasteiger partial charge in [-0.3, -0.25) is 4.79 Å². The third kappa shape index (κ3) is 4.14. The second-order valence-electron chi connectivity index (χ2n) is 4.81. The van der Waals surface area contributed by atoms with Gasteiger partial charge in [0.25, 0.3) is 5.22 Å². The maximum Gasteiger partial charge on any atom is 0.277 e. The first kappa shape index (κ1) is 16.1. The number of hydrogen-bond acceptors (Lipinski definition) is 6. The number of aromatic nitrogens is 2. The zero-order valence-corrected chi connectivity index (χ0v) is 13.7. The first-order valence-corrected chi connectivity index (χ1v) is 8.19. The molecular formula is C17H15N3O3S. The van der Waals surface area contributed by atoms with Gasteiger partial charge in [-0.15, -0.1) is 10.2 Å². The Morgan fingerprint density at radius 3 is 2.79 bits per heavy atom. The number of benzene rings is 2. The third-order valence-corrected chi connectivity index (χ3v) is 3.93. The Morgan fingerprint density at radius 2 is 2.00 bits per heavy atom. The SMILES string of the molecule is COc1cccc(-c2nnc(SCC(=O)Nc3ccccc3)o2)c1. The van der Waals surface area contributed by atoms with Gasteiger partial charge in [0, 0.05) is 11.3 Å². The van der Waals surface area contributed by atoms with Gasteiger partial charge < -0.3 is 14.5 Å². The molecule has 0 bridgehead atoms. The number of nitrogens with zero attached hydrogens (tertiary/aromatic N) is 2. The summed E-state index contributed by atoms with van der Waals surface area (Å²) in [6, 6.07) is 16.6. The molecule has 1 N–H and O–H groups in total. The molecule has 0 fully saturated rings. The van der Waals surface area contributed by atoms with Gasteiger partial charge in [0.05, 0.1) is 12.9 Å². The van der Waals surface area contributed by atoms with E-state index >= 15 is 0 Å². The van der Waals surface area contributed by atoms with Crippen molar-refractivity contribution in [2.75, 3.05) is 18.2 Å². The highest BCUT2D eigenvalue weighted by Gasteiger charge is 2.12. The number of thioether (sulfide) groups is 1. The van der Waals surface area contributed by atoms with Crippen molar-refractivity contribution in [3.63, 3.8) is 0 Å². The van der Waals surface area contributed by atoms with Gasteiger partial charge in [0.15, 0.2) is 0 Å². The summed E-state index contributed by atoms with van der Waals surface area (Å²) in [5, 5.41) is 11.1. The van der Waals surface area contributed by atoms with Gasteiger partial charge >= 0.3 is 0 Å². The normalized spacial score (nSPS) is 10.4. The van der Waals surface area contributed by atoms with Crippen LogP contribution < -0.4 is 10.1 Å². The van der Waals surface area contributed by atoms with E-state index < -0.39 is 0 Å². The van der Waals surface area contributed by atoms with Crippen molar-refractivity contribution in [1.29, 1.82) is 0 Å². The van der Waals surface area contributed by atoms with E-state index in [4.69, 9.17) is 9.15 Å². The Kier molecular flexibility index (Phi) is 5.12. The Morgan fingerprint density at radius 1 is 1.17 bits per heavy atom. The van der Waals surface area contributed by atoms with E-state index in [9.17, 15) is 4.79 Å². The fraction of sp³-hybridized carbons (Fsp3) is 0.118. The highest BCUT2D eigenvalue weighted by Crippen LogP contribution is 2.25. The minimum Gasteiger partial charge on any atom is -0.497 e. The topological polar surface area (TPSA) is 77.2 Å². The monoisotopic (exact) mass is 341 g/mol. The minimum absolute atomic E-state index is 0.132. The molecule has 2 aromatic carbocycles. The van der Waals surface area contributed by atoms with Crippen LogP contribution in [0.4, 0.5) is 5.69 Å². The number of carbonyl (C=O) groups excluding carboxylic acids is 1. The van der Waals surface area contributed by atoms with Crippen molar-refractivity contribution >= 4 is 23.4 Å². The first-order chi connectivity index (χ1) is 11.7. The number of rotatable bonds is 6. The molecule has 0 unspecified atom stereocenters. The molecular weight excluding hydrogens is 326 g/mol. The molecule has 122 valence electrons. The molecule has 0 atom stereocenters. The Hall–Kier alpha value is -2.80. The smallest absolute Gasteiger partial charge is 0.277 e. The fourth-order valence-electron chi connectivity index (χ4n) is 1.99. The van der Waals surface area contributed by atoms with Crippen LogP contribution in [0.1, 0.15) is 0 Å². The molecule has 6 nitrogen and oxygen atoms in total. The van der Waals surface area contributed by atoms with Crippen molar-refractivity contribution in [1.82, 2.24) is 10.2 Å². The average Bonchev–Trinajstić information content (AvgIpc) is 3.10. The summed E-state index contributed by atoms with van der Waals surface area (Å²) in [5.74, 6) is 1.16. The predicted molar refractivity (Wildman–Crippen MR) is 92.1 cm³/mol. The second kappa shape index (κ2) is 7.65. The van der Waals surface area contributed by atoms with Gasteiger partial charge in [-0.2, -0.15) is 0 Å². The molecule has 1 aromatic heterocycles. The van der Waals surface area contributed by atoms with Crippen LogP contribution in [0.2, 0.25) is 0 Å². The number of carbonyl (C=O) groups is 1. The van der Waals surface area contributed by atoms with Crippen LogP contribution in [-0.4, -0.2) is 29.0 Å². The van der Waals surface area contributed by atoms with Gasteiger partial charge in [0.2, 0.25) is 11.8 Å². The van der Waals surface area contributed by atoms with E-state index in [0.717, 1.165) is 11.3 Å². The summed E-state index contributed by atoms with van der Waals surface area (Å²) in [5.41, 5.74) is 1.52. The highest BCUT2D eigenvalue weighted by molar-refractivity contribution is 7.99. The second-order valence-corrected chi connectivity index (χ2v) is 5.73. The molecule has 0 aliphatic carbocycles. The quantitative estimate of drug-likeness (QED) is 0.692. The van der Waals surface area contributed by atoms with Crippen LogP contribution in [0.15, 0.2) is 64.2 Å². The lowest BCUT2D eigenvalue weighted by molar-refractivity contribution is -0.113. The Labute approximate surface area is 143 Å². The Balaban J connectivity index is 1.59. The largest absolute Gasteiger partial charge is 0.497 e. The van der Waals surface area contributed by atoms with Crippen molar-refractivity contribution < 1.29 is 13.9 Å². The standard InChI is InChI=1S/C17H15N3O3S/c1-22-14-9-5-6-12(10-14)16-19-20-17(23-16)24-11-15(21)18-13-7-3-2-4-8-13/h2-10H,11H2,1H3,(H,18,21). The Bertz CT molecular complexity index is 821. The maximum atomic E-state index is 11.9. The van der Waals surface area contributed by atoms with Crippen LogP contribution in [0.5, 0.6) is 5.75 Å². The van der Waals surface area contributed by atoms with Crippen LogP contribution in [0.25, 0.3) is 11.5 Å². The number of nitrogens with one attached hydrogen (secondary N) is 1. The molecule has 3 aromatic rings. The van der Waals surface area contributed by atoms with Gasteiger partial charge in [-0.25, -0.2) is 0 Å². The molecule has 0 aliphatic rings. The summed E-state index contributed by atoms with van der Waals surface area (Å²) in [7, 11) is 1.60.